The number of ketones is 1. The number of ether oxygens (including phenoxy) is 2. The van der Waals surface area contributed by atoms with Crippen LogP contribution in [-0.2, 0) is 0 Å². The van der Waals surface area contributed by atoms with Crippen molar-refractivity contribution in [3.8, 4) is 11.5 Å². The highest BCUT2D eigenvalue weighted by Crippen LogP contribution is 2.41. The molecule has 1 aromatic rings. The van der Waals surface area contributed by atoms with E-state index in [1.807, 2.05) is 0 Å². The molecular weight excluding hydrogens is 355 g/mol. The van der Waals surface area contributed by atoms with Crippen LogP contribution < -0.4 is 9.47 Å². The van der Waals surface area contributed by atoms with Gasteiger partial charge in [0.05, 0.1) is 24.3 Å². The summed E-state index contributed by atoms with van der Waals surface area (Å²) in [4.78, 5) is 11.5. The lowest BCUT2D eigenvalue weighted by Gasteiger charge is -2.20. The zero-order valence-corrected chi connectivity index (χ0v) is 11.7. The maximum absolute atomic E-state index is 13.1. The Bertz CT molecular complexity index is 528. The van der Waals surface area contributed by atoms with E-state index in [2.05, 4.69) is 20.7 Å². The van der Waals surface area contributed by atoms with Gasteiger partial charge >= 0.3 is 12.1 Å². The molecule has 0 fully saturated rings. The third-order valence-electron chi connectivity index (χ3n) is 2.36. The zero-order chi connectivity index (χ0) is 15.7. The van der Waals surface area contributed by atoms with Crippen molar-refractivity contribution >= 4 is 21.7 Å². The van der Waals surface area contributed by atoms with E-state index in [1.54, 1.807) is 0 Å². The van der Waals surface area contributed by atoms with Crippen LogP contribution in [0.2, 0.25) is 0 Å². The minimum Gasteiger partial charge on any atom is -0.496 e. The van der Waals surface area contributed by atoms with Crippen LogP contribution in [-0.4, -0.2) is 32.1 Å². The van der Waals surface area contributed by atoms with Gasteiger partial charge in [0.15, 0.2) is 0 Å². The Morgan fingerprint density at radius 3 is 1.95 bits per heavy atom. The van der Waals surface area contributed by atoms with E-state index < -0.39 is 29.2 Å². The molecule has 1 rings (SSSR count). The van der Waals surface area contributed by atoms with E-state index in [0.29, 0.717) is 0 Å². The number of methoxy groups -OCH3 is 2. The average molecular weight is 363 g/mol. The summed E-state index contributed by atoms with van der Waals surface area (Å²) < 4.78 is 72.4. The second kappa shape index (κ2) is 5.55. The molecule has 112 valence electrons. The Morgan fingerprint density at radius 1 is 1.05 bits per heavy atom. The highest BCUT2D eigenvalue weighted by Gasteiger charge is 2.63. The molecule has 3 nitrogen and oxygen atoms in total. The van der Waals surface area contributed by atoms with Crippen molar-refractivity contribution in [1.29, 1.82) is 0 Å². The fourth-order valence-corrected chi connectivity index (χ4v) is 1.82. The summed E-state index contributed by atoms with van der Waals surface area (Å²) in [6.07, 6.45) is -5.99. The van der Waals surface area contributed by atoms with Crippen molar-refractivity contribution < 1.29 is 36.2 Å². The smallest absolute Gasteiger partial charge is 0.461 e. The van der Waals surface area contributed by atoms with Gasteiger partial charge in [0.1, 0.15) is 11.5 Å². The Morgan fingerprint density at radius 2 is 1.55 bits per heavy atom. The number of halogens is 6. The van der Waals surface area contributed by atoms with Crippen molar-refractivity contribution in [3.63, 3.8) is 0 Å². The number of carbonyl (C=O) groups excluding carboxylic acids is 1. The lowest BCUT2D eigenvalue weighted by molar-refractivity contribution is -0.255. The van der Waals surface area contributed by atoms with Gasteiger partial charge in [-0.3, -0.25) is 4.79 Å². The number of alkyl halides is 5. The summed E-state index contributed by atoms with van der Waals surface area (Å²) in [7, 11) is 2.21. The quantitative estimate of drug-likeness (QED) is 0.602. The number of Topliss-reactive ketones (excluding diaryl/α,β-unsaturated/α-hetero) is 1. The van der Waals surface area contributed by atoms with Crippen LogP contribution >= 0.6 is 15.9 Å². The molecule has 20 heavy (non-hydrogen) atoms. The normalized spacial score (nSPS) is 12.2. The van der Waals surface area contributed by atoms with Crippen LogP contribution in [0, 0.1) is 0 Å². The zero-order valence-electron chi connectivity index (χ0n) is 10.1. The molecule has 0 bridgehead atoms. The van der Waals surface area contributed by atoms with Crippen molar-refractivity contribution in [3.05, 3.63) is 22.2 Å². The summed E-state index contributed by atoms with van der Waals surface area (Å²) in [6.45, 7) is 0. The van der Waals surface area contributed by atoms with Crippen LogP contribution in [0.1, 0.15) is 10.4 Å². The van der Waals surface area contributed by atoms with Gasteiger partial charge in [-0.1, -0.05) is 0 Å². The van der Waals surface area contributed by atoms with E-state index in [0.717, 1.165) is 19.2 Å². The highest BCUT2D eigenvalue weighted by atomic mass is 79.9. The third-order valence-corrected chi connectivity index (χ3v) is 2.98. The summed E-state index contributed by atoms with van der Waals surface area (Å²) in [6, 6.07) is 1.82. The molecule has 0 amide bonds. The first-order valence-corrected chi connectivity index (χ1v) is 5.76. The van der Waals surface area contributed by atoms with Gasteiger partial charge in [-0.15, -0.1) is 0 Å². The van der Waals surface area contributed by atoms with Gasteiger partial charge in [0.2, 0.25) is 5.78 Å². The number of hydrogen-bond donors (Lipinski definition) is 0. The Kier molecular flexibility index (Phi) is 4.62. The Balaban J connectivity index is 3.42. The first-order valence-electron chi connectivity index (χ1n) is 4.97. The van der Waals surface area contributed by atoms with Gasteiger partial charge in [-0.05, 0) is 28.1 Å². The molecule has 9 heteroatoms. The van der Waals surface area contributed by atoms with Crippen molar-refractivity contribution in [2.45, 2.75) is 12.1 Å². The molecule has 0 aliphatic heterocycles. The Labute approximate surface area is 118 Å². The third kappa shape index (κ3) is 2.87. The van der Waals surface area contributed by atoms with Gasteiger partial charge in [0.25, 0.3) is 0 Å². The molecule has 0 atom stereocenters. The average Bonchev–Trinajstić information content (AvgIpc) is 2.36. The first-order chi connectivity index (χ1) is 9.06. The number of carbonyl (C=O) groups is 1. The fourth-order valence-electron chi connectivity index (χ4n) is 1.34. The van der Waals surface area contributed by atoms with Gasteiger partial charge in [-0.25, -0.2) is 0 Å². The summed E-state index contributed by atoms with van der Waals surface area (Å²) in [5.74, 6) is -8.43. The van der Waals surface area contributed by atoms with E-state index >= 15 is 0 Å². The molecule has 0 radical (unpaired) electrons. The number of rotatable bonds is 4. The summed E-state index contributed by atoms with van der Waals surface area (Å²) in [5.41, 5.74) is -0.921. The lowest BCUT2D eigenvalue weighted by Crippen LogP contribution is -2.44. The minimum absolute atomic E-state index is 0.0767. The largest absolute Gasteiger partial charge is 0.496 e. The number of benzene rings is 1. The Hall–Kier alpha value is -1.38. The molecular formula is C11H8BrF5O3. The molecule has 0 heterocycles. The lowest BCUT2D eigenvalue weighted by atomic mass is 10.0. The molecule has 0 N–H and O–H groups in total. The standard InChI is InChI=1S/C11H8BrF5O3/c1-19-7-4-6(12)8(20-2)3-5(7)9(18)10(13,14)11(15,16)17/h3-4H,1-2H3. The van der Waals surface area contributed by atoms with Gasteiger partial charge in [-0.2, -0.15) is 22.0 Å². The molecule has 0 saturated heterocycles. The van der Waals surface area contributed by atoms with Crippen molar-refractivity contribution in [2.75, 3.05) is 14.2 Å². The molecule has 0 aromatic heterocycles. The maximum Gasteiger partial charge on any atom is 0.461 e. The van der Waals surface area contributed by atoms with Crippen LogP contribution in [0.15, 0.2) is 16.6 Å². The predicted octanol–water partition coefficient (Wildman–Crippen LogP) is 3.85. The van der Waals surface area contributed by atoms with Crippen molar-refractivity contribution in [1.82, 2.24) is 0 Å². The number of hydrogen-bond acceptors (Lipinski definition) is 3. The maximum atomic E-state index is 13.1. The second-order valence-corrected chi connectivity index (χ2v) is 4.44. The molecule has 0 aliphatic rings. The molecule has 0 saturated carbocycles. The topological polar surface area (TPSA) is 35.5 Å². The van der Waals surface area contributed by atoms with Gasteiger partial charge < -0.3 is 9.47 Å². The monoisotopic (exact) mass is 362 g/mol. The molecule has 0 spiro atoms. The minimum atomic E-state index is -5.99. The molecule has 0 aliphatic carbocycles. The SMILES string of the molecule is COc1cc(C(=O)C(F)(F)C(F)(F)F)c(OC)cc1Br. The summed E-state index contributed by atoms with van der Waals surface area (Å²) >= 11 is 3.00. The van der Waals surface area contributed by atoms with Gasteiger partial charge in [0, 0.05) is 0 Å². The van der Waals surface area contributed by atoms with Crippen LogP contribution in [0.3, 0.4) is 0 Å². The molecule has 0 unspecified atom stereocenters. The van der Waals surface area contributed by atoms with Crippen LogP contribution in [0.25, 0.3) is 0 Å². The van der Waals surface area contributed by atoms with Crippen LogP contribution in [0.4, 0.5) is 22.0 Å². The predicted molar refractivity (Wildman–Crippen MR) is 62.6 cm³/mol. The second-order valence-electron chi connectivity index (χ2n) is 3.59. The summed E-state index contributed by atoms with van der Waals surface area (Å²) in [5, 5.41) is 0. The van der Waals surface area contributed by atoms with E-state index in [9.17, 15) is 26.7 Å². The van der Waals surface area contributed by atoms with E-state index in [4.69, 9.17) is 4.74 Å². The van der Waals surface area contributed by atoms with E-state index in [1.165, 1.54) is 7.11 Å². The first kappa shape index (κ1) is 16.7. The van der Waals surface area contributed by atoms with Crippen LogP contribution in [0.5, 0.6) is 11.5 Å². The van der Waals surface area contributed by atoms with Crippen molar-refractivity contribution in [2.24, 2.45) is 0 Å². The van der Waals surface area contributed by atoms with E-state index in [-0.39, 0.29) is 10.2 Å². The molecule has 1 aromatic carbocycles. The highest BCUT2D eigenvalue weighted by molar-refractivity contribution is 9.10. The fraction of sp³-hybridized carbons (Fsp3) is 0.364.